The van der Waals surface area contributed by atoms with Gasteiger partial charge in [0.25, 0.3) is 0 Å². The Kier molecular flexibility index (Phi) is 3.75. The molecule has 0 radical (unpaired) electrons. The van der Waals surface area contributed by atoms with Gasteiger partial charge >= 0.3 is 7.82 Å². The van der Waals surface area contributed by atoms with Gasteiger partial charge in [0.05, 0.1) is 6.20 Å². The summed E-state index contributed by atoms with van der Waals surface area (Å²) in [5.74, 6) is 0. The fourth-order valence-corrected chi connectivity index (χ4v) is 0.724. The molecule has 80 valence electrons. The highest BCUT2D eigenvalue weighted by atomic mass is 31.2. The Morgan fingerprint density at radius 2 is 1.67 bits per heavy atom. The van der Waals surface area contributed by atoms with E-state index < -0.39 is 7.82 Å². The Morgan fingerprint density at radius 1 is 1.07 bits per heavy atom. The van der Waals surface area contributed by atoms with E-state index in [-0.39, 0.29) is 0 Å². The Bertz CT molecular complexity index is 414. The molecule has 0 aromatic carbocycles. The van der Waals surface area contributed by atoms with Crippen molar-refractivity contribution in [3.8, 4) is 0 Å². The van der Waals surface area contributed by atoms with Crippen LogP contribution < -0.4 is 0 Å². The van der Waals surface area contributed by atoms with Gasteiger partial charge in [-0.3, -0.25) is 0 Å². The largest absolute Gasteiger partial charge is 0.466 e. The molecule has 0 aliphatic rings. The van der Waals surface area contributed by atoms with Gasteiger partial charge in [-0.2, -0.15) is 0 Å². The summed E-state index contributed by atoms with van der Waals surface area (Å²) >= 11 is 0. The Hall–Kier alpha value is -1.47. The van der Waals surface area contributed by atoms with E-state index in [1.807, 2.05) is 0 Å². The van der Waals surface area contributed by atoms with Gasteiger partial charge in [0.1, 0.15) is 11.8 Å². The van der Waals surface area contributed by atoms with Crippen molar-refractivity contribution in [1.82, 2.24) is 19.9 Å². The first-order valence-corrected chi connectivity index (χ1v) is 5.18. The van der Waals surface area contributed by atoms with Gasteiger partial charge in [-0.05, 0) is 0 Å². The summed E-state index contributed by atoms with van der Waals surface area (Å²) in [6.07, 6.45) is 6.31. The van der Waals surface area contributed by atoms with Gasteiger partial charge in [-0.15, -0.1) is 0 Å². The summed E-state index contributed by atoms with van der Waals surface area (Å²) in [5.41, 5.74) is 1.36. The first-order chi connectivity index (χ1) is 6.97. The van der Waals surface area contributed by atoms with Crippen LogP contribution in [0.25, 0.3) is 11.2 Å². The molecule has 2 aromatic heterocycles. The van der Waals surface area contributed by atoms with E-state index >= 15 is 0 Å². The second kappa shape index (κ2) is 4.85. The first-order valence-electron chi connectivity index (χ1n) is 3.62. The van der Waals surface area contributed by atoms with Gasteiger partial charge < -0.3 is 14.7 Å². The van der Waals surface area contributed by atoms with Crippen LogP contribution in [0.3, 0.4) is 0 Å². The zero-order chi connectivity index (χ0) is 11.3. The fourth-order valence-electron chi connectivity index (χ4n) is 0.724. The molecule has 0 amide bonds. The van der Waals surface area contributed by atoms with Crippen LogP contribution in [0, 0.1) is 0 Å². The molecule has 0 atom stereocenters. The summed E-state index contributed by atoms with van der Waals surface area (Å²) in [5, 5.41) is 0. The molecule has 0 bridgehead atoms. The van der Waals surface area contributed by atoms with Crippen molar-refractivity contribution >= 4 is 19.0 Å². The van der Waals surface area contributed by atoms with E-state index in [1.54, 1.807) is 18.6 Å². The molecule has 2 heterocycles. The maximum Gasteiger partial charge on any atom is 0.466 e. The fraction of sp³-hybridized carbons (Fsp3) is 0. The number of fused-ring (bicyclic) bond motifs is 1. The summed E-state index contributed by atoms with van der Waals surface area (Å²) in [6, 6.07) is 0. The zero-order valence-electron chi connectivity index (χ0n) is 7.30. The minimum Gasteiger partial charge on any atom is -0.303 e. The number of nitrogens with zero attached hydrogens (tertiary/aromatic N) is 4. The molecule has 0 aliphatic carbocycles. The topological polar surface area (TPSA) is 129 Å². The van der Waals surface area contributed by atoms with E-state index in [1.165, 1.54) is 6.33 Å². The number of aromatic nitrogens is 4. The van der Waals surface area contributed by atoms with E-state index in [0.29, 0.717) is 5.65 Å². The molecule has 15 heavy (non-hydrogen) atoms. The Balaban J connectivity index is 0.000000195. The second-order valence-corrected chi connectivity index (χ2v) is 3.33. The molecule has 8 nitrogen and oxygen atoms in total. The van der Waals surface area contributed by atoms with E-state index in [4.69, 9.17) is 19.2 Å². The number of phosphoric acid groups is 1. The van der Waals surface area contributed by atoms with Crippen molar-refractivity contribution in [1.29, 1.82) is 0 Å². The number of rotatable bonds is 0. The van der Waals surface area contributed by atoms with Crippen LogP contribution in [-0.2, 0) is 4.57 Å². The Labute approximate surface area is 83.9 Å². The number of hydrogen-bond acceptors (Lipinski definition) is 5. The maximum absolute atomic E-state index is 8.88. The van der Waals surface area contributed by atoms with Crippen LogP contribution in [0.4, 0.5) is 0 Å². The highest BCUT2D eigenvalue weighted by molar-refractivity contribution is 7.45. The summed E-state index contributed by atoms with van der Waals surface area (Å²) in [6.45, 7) is 0. The van der Waals surface area contributed by atoms with Crippen molar-refractivity contribution in [3.05, 3.63) is 24.9 Å². The maximum atomic E-state index is 8.88. The third-order valence-corrected chi connectivity index (χ3v) is 1.15. The summed E-state index contributed by atoms with van der Waals surface area (Å²) in [4.78, 5) is 37.2. The molecule has 0 spiro atoms. The quantitative estimate of drug-likeness (QED) is 0.516. The van der Waals surface area contributed by atoms with Crippen LogP contribution in [0.2, 0.25) is 0 Å². The molecule has 2 rings (SSSR count). The molecule has 0 saturated carbocycles. The molecule has 0 unspecified atom stereocenters. The molecule has 0 aliphatic heterocycles. The zero-order valence-corrected chi connectivity index (χ0v) is 8.19. The average molecular weight is 230 g/mol. The van der Waals surface area contributed by atoms with Gasteiger partial charge in [0.2, 0.25) is 0 Å². The highest BCUT2D eigenvalue weighted by Gasteiger charge is 2.00. The number of hydrogen-bond donors (Lipinski definition) is 3. The third kappa shape index (κ3) is 5.08. The van der Waals surface area contributed by atoms with Gasteiger partial charge in [-0.25, -0.2) is 24.5 Å². The second-order valence-electron chi connectivity index (χ2n) is 2.30. The van der Waals surface area contributed by atoms with Crippen molar-refractivity contribution < 1.29 is 19.2 Å². The third-order valence-electron chi connectivity index (χ3n) is 1.15. The van der Waals surface area contributed by atoms with Crippen molar-refractivity contribution in [2.24, 2.45) is 0 Å². The monoisotopic (exact) mass is 230 g/mol. The predicted octanol–water partition coefficient (Wildman–Crippen LogP) is -0.509. The minimum atomic E-state index is -4.64. The molecule has 3 N–H and O–H groups in total. The summed E-state index contributed by atoms with van der Waals surface area (Å²) in [7, 11) is -4.64. The van der Waals surface area contributed by atoms with Crippen molar-refractivity contribution in [2.45, 2.75) is 0 Å². The van der Waals surface area contributed by atoms with Crippen LogP contribution in [0.1, 0.15) is 0 Å². The molecule has 0 saturated heterocycles. The van der Waals surface area contributed by atoms with Crippen LogP contribution in [0.15, 0.2) is 24.9 Å². The lowest BCUT2D eigenvalue weighted by molar-refractivity contribution is 0.275. The SMILES string of the molecule is O=P(O)(O)O.c1cnc2ncncc2n1. The van der Waals surface area contributed by atoms with Crippen molar-refractivity contribution in [2.75, 3.05) is 0 Å². The minimum absolute atomic E-state index is 0.637. The lowest BCUT2D eigenvalue weighted by Gasteiger charge is -1.89. The Morgan fingerprint density at radius 3 is 2.27 bits per heavy atom. The molecule has 2 aromatic rings. The van der Waals surface area contributed by atoms with Crippen LogP contribution >= 0.6 is 7.82 Å². The molecule has 9 heteroatoms. The van der Waals surface area contributed by atoms with Crippen LogP contribution in [-0.4, -0.2) is 34.6 Å². The normalized spacial score (nSPS) is 10.6. The lowest BCUT2D eigenvalue weighted by atomic mass is 10.5. The first kappa shape index (κ1) is 11.6. The van der Waals surface area contributed by atoms with Gasteiger partial charge in [0.15, 0.2) is 5.65 Å². The average Bonchev–Trinajstić information content (AvgIpc) is 2.16. The van der Waals surface area contributed by atoms with E-state index in [0.717, 1.165) is 5.52 Å². The summed E-state index contributed by atoms with van der Waals surface area (Å²) < 4.78 is 8.88. The van der Waals surface area contributed by atoms with Gasteiger partial charge in [0, 0.05) is 12.4 Å². The smallest absolute Gasteiger partial charge is 0.303 e. The highest BCUT2D eigenvalue weighted by Crippen LogP contribution is 2.25. The standard InChI is InChI=1S/C6H4N4.H3O4P/c1-2-9-6-5(8-1)3-7-4-10-6;1-5(2,3)4/h1-4H;(H3,1,2,3,4). The van der Waals surface area contributed by atoms with Gasteiger partial charge in [-0.1, -0.05) is 0 Å². The molecular formula is C6H7N4O4P. The molecular weight excluding hydrogens is 223 g/mol. The van der Waals surface area contributed by atoms with Crippen molar-refractivity contribution in [3.63, 3.8) is 0 Å². The van der Waals surface area contributed by atoms with E-state index in [9.17, 15) is 0 Å². The lowest BCUT2D eigenvalue weighted by Crippen LogP contribution is -1.85. The van der Waals surface area contributed by atoms with E-state index in [2.05, 4.69) is 19.9 Å². The molecule has 0 fully saturated rings. The van der Waals surface area contributed by atoms with Crippen LogP contribution in [0.5, 0.6) is 0 Å². The predicted molar refractivity (Wildman–Crippen MR) is 49.4 cm³/mol.